The molecule has 0 unspecified atom stereocenters. The van der Waals surface area contributed by atoms with Crippen molar-refractivity contribution < 1.29 is 9.18 Å². The van der Waals surface area contributed by atoms with E-state index >= 15 is 0 Å². The lowest BCUT2D eigenvalue weighted by molar-refractivity contribution is -0.131. The van der Waals surface area contributed by atoms with E-state index in [1.807, 2.05) is 43.1 Å². The van der Waals surface area contributed by atoms with Crippen LogP contribution < -0.4 is 0 Å². The molecule has 0 spiro atoms. The predicted molar refractivity (Wildman–Crippen MR) is 95.4 cm³/mol. The second kappa shape index (κ2) is 8.27. The van der Waals surface area contributed by atoms with Gasteiger partial charge < -0.3 is 4.90 Å². The van der Waals surface area contributed by atoms with Gasteiger partial charge in [0, 0.05) is 30.2 Å². The number of rotatable bonds is 6. The van der Waals surface area contributed by atoms with Crippen molar-refractivity contribution in [1.82, 2.24) is 9.80 Å². The zero-order chi connectivity index (χ0) is 17.7. The second-order valence-electron chi connectivity index (χ2n) is 5.95. The summed E-state index contributed by atoms with van der Waals surface area (Å²) in [4.78, 5) is 15.9. The monoisotopic (exact) mass is 348 g/mol. The lowest BCUT2D eigenvalue weighted by Crippen LogP contribution is -2.37. The summed E-state index contributed by atoms with van der Waals surface area (Å²) in [6.45, 7) is 2.49. The highest BCUT2D eigenvalue weighted by atomic mass is 35.5. The first-order chi connectivity index (χ1) is 11.4. The smallest absolute Gasteiger partial charge is 0.236 e. The number of hydrogen-bond acceptors (Lipinski definition) is 2. The van der Waals surface area contributed by atoms with E-state index in [9.17, 15) is 9.18 Å². The highest BCUT2D eigenvalue weighted by Crippen LogP contribution is 2.26. The molecule has 128 valence electrons. The van der Waals surface area contributed by atoms with Gasteiger partial charge in [-0.3, -0.25) is 9.69 Å². The van der Waals surface area contributed by atoms with Gasteiger partial charge in [-0.1, -0.05) is 48.0 Å². The van der Waals surface area contributed by atoms with Gasteiger partial charge in [0.05, 0.1) is 6.54 Å². The van der Waals surface area contributed by atoms with E-state index in [1.165, 1.54) is 11.0 Å². The second-order valence-corrected chi connectivity index (χ2v) is 6.36. The summed E-state index contributed by atoms with van der Waals surface area (Å²) >= 11 is 6.22. The normalized spacial score (nSPS) is 12.2. The van der Waals surface area contributed by atoms with Crippen molar-refractivity contribution in [2.24, 2.45) is 0 Å². The molecule has 0 radical (unpaired) electrons. The first-order valence-corrected chi connectivity index (χ1v) is 8.20. The summed E-state index contributed by atoms with van der Waals surface area (Å²) < 4.78 is 13.7. The van der Waals surface area contributed by atoms with E-state index < -0.39 is 0 Å². The van der Waals surface area contributed by atoms with Crippen LogP contribution >= 0.6 is 11.6 Å². The van der Waals surface area contributed by atoms with Crippen molar-refractivity contribution in [1.29, 1.82) is 0 Å². The van der Waals surface area contributed by atoms with Gasteiger partial charge >= 0.3 is 0 Å². The first-order valence-electron chi connectivity index (χ1n) is 7.82. The van der Waals surface area contributed by atoms with Crippen molar-refractivity contribution in [3.05, 3.63) is 70.5 Å². The molecule has 1 atom stereocenters. The molecular formula is C19H22ClFN2O. The fraction of sp³-hybridized carbons (Fsp3) is 0.316. The van der Waals surface area contributed by atoms with Crippen LogP contribution in [0.25, 0.3) is 0 Å². The highest BCUT2D eigenvalue weighted by Gasteiger charge is 2.19. The SMILES string of the molecule is C[C@H](c1ccccc1Cl)N(C)CC(=O)N(C)Cc1ccccc1F. The summed E-state index contributed by atoms with van der Waals surface area (Å²) in [6.07, 6.45) is 0. The van der Waals surface area contributed by atoms with Crippen LogP contribution in [0.15, 0.2) is 48.5 Å². The summed E-state index contributed by atoms with van der Waals surface area (Å²) in [5.74, 6) is -0.366. The minimum atomic E-state index is -0.296. The summed E-state index contributed by atoms with van der Waals surface area (Å²) in [7, 11) is 3.56. The van der Waals surface area contributed by atoms with Gasteiger partial charge in [0.2, 0.25) is 5.91 Å². The Morgan fingerprint density at radius 3 is 2.42 bits per heavy atom. The zero-order valence-corrected chi connectivity index (χ0v) is 14.9. The summed E-state index contributed by atoms with van der Waals surface area (Å²) in [5.41, 5.74) is 1.49. The molecule has 0 aliphatic rings. The van der Waals surface area contributed by atoms with Crippen LogP contribution in [0.2, 0.25) is 5.02 Å². The number of nitrogens with zero attached hydrogens (tertiary/aromatic N) is 2. The van der Waals surface area contributed by atoms with Crippen LogP contribution in [0.5, 0.6) is 0 Å². The number of carbonyl (C=O) groups is 1. The van der Waals surface area contributed by atoms with Crippen LogP contribution in [0.4, 0.5) is 4.39 Å². The largest absolute Gasteiger partial charge is 0.340 e. The van der Waals surface area contributed by atoms with Crippen LogP contribution in [0.3, 0.4) is 0 Å². The highest BCUT2D eigenvalue weighted by molar-refractivity contribution is 6.31. The van der Waals surface area contributed by atoms with E-state index in [-0.39, 0.29) is 30.9 Å². The molecule has 2 aromatic rings. The van der Waals surface area contributed by atoms with Gasteiger partial charge in [-0.05, 0) is 31.7 Å². The maximum atomic E-state index is 13.7. The van der Waals surface area contributed by atoms with E-state index in [4.69, 9.17) is 11.6 Å². The quantitative estimate of drug-likeness (QED) is 0.783. The average Bonchev–Trinajstić information content (AvgIpc) is 2.56. The standard InChI is InChI=1S/C19H22ClFN2O/c1-14(16-9-5-6-10-17(16)20)22(2)13-19(24)23(3)12-15-8-4-7-11-18(15)21/h4-11,14H,12-13H2,1-3H3/t14-/m1/s1. The molecule has 1 amide bonds. The van der Waals surface area contributed by atoms with Crippen LogP contribution in [0, 0.1) is 5.82 Å². The Hall–Kier alpha value is -1.91. The molecule has 0 N–H and O–H groups in total. The first kappa shape index (κ1) is 18.4. The lowest BCUT2D eigenvalue weighted by Gasteiger charge is -2.27. The van der Waals surface area contributed by atoms with Crippen molar-refractivity contribution >= 4 is 17.5 Å². The fourth-order valence-electron chi connectivity index (χ4n) is 2.49. The maximum absolute atomic E-state index is 13.7. The molecule has 3 nitrogen and oxygen atoms in total. The van der Waals surface area contributed by atoms with Gasteiger partial charge in [0.15, 0.2) is 0 Å². The van der Waals surface area contributed by atoms with Crippen molar-refractivity contribution in [2.75, 3.05) is 20.6 Å². The Labute approximate surface area is 147 Å². The van der Waals surface area contributed by atoms with Gasteiger partial charge in [0.25, 0.3) is 0 Å². The summed E-state index contributed by atoms with van der Waals surface area (Å²) in [6, 6.07) is 14.1. The molecule has 0 fully saturated rings. The number of halogens is 2. The van der Waals surface area contributed by atoms with Crippen molar-refractivity contribution in [3.63, 3.8) is 0 Å². The number of carbonyl (C=O) groups excluding carboxylic acids is 1. The molecule has 2 rings (SSSR count). The lowest BCUT2D eigenvalue weighted by atomic mass is 10.1. The minimum absolute atomic E-state index is 0.00418. The molecule has 0 aliphatic heterocycles. The Morgan fingerprint density at radius 2 is 1.75 bits per heavy atom. The molecule has 0 bridgehead atoms. The topological polar surface area (TPSA) is 23.6 Å². The van der Waals surface area contributed by atoms with Gasteiger partial charge in [-0.25, -0.2) is 4.39 Å². The molecule has 5 heteroatoms. The van der Waals surface area contributed by atoms with E-state index in [0.29, 0.717) is 10.6 Å². The third-order valence-corrected chi connectivity index (χ3v) is 4.54. The number of hydrogen-bond donors (Lipinski definition) is 0. The van der Waals surface area contributed by atoms with Gasteiger partial charge in [-0.2, -0.15) is 0 Å². The molecule has 2 aromatic carbocycles. The van der Waals surface area contributed by atoms with E-state index in [2.05, 4.69) is 0 Å². The maximum Gasteiger partial charge on any atom is 0.236 e. The third-order valence-electron chi connectivity index (χ3n) is 4.19. The van der Waals surface area contributed by atoms with Crippen molar-refractivity contribution in [3.8, 4) is 0 Å². The number of amides is 1. The molecule has 0 saturated heterocycles. The van der Waals surface area contributed by atoms with E-state index in [1.54, 1.807) is 25.2 Å². The molecule has 0 aromatic heterocycles. The van der Waals surface area contributed by atoms with Crippen LogP contribution in [0.1, 0.15) is 24.1 Å². The van der Waals surface area contributed by atoms with E-state index in [0.717, 1.165) is 5.56 Å². The predicted octanol–water partition coefficient (Wildman–Crippen LogP) is 4.13. The van der Waals surface area contributed by atoms with Crippen molar-refractivity contribution in [2.45, 2.75) is 19.5 Å². The third kappa shape index (κ3) is 4.56. The zero-order valence-electron chi connectivity index (χ0n) is 14.2. The Morgan fingerprint density at radius 1 is 1.12 bits per heavy atom. The molecule has 0 heterocycles. The molecule has 24 heavy (non-hydrogen) atoms. The summed E-state index contributed by atoms with van der Waals surface area (Å²) in [5, 5.41) is 0.684. The van der Waals surface area contributed by atoms with Gasteiger partial charge in [0.1, 0.15) is 5.82 Å². The molecule has 0 aliphatic carbocycles. The number of likely N-dealkylation sites (N-methyl/N-ethyl adjacent to an activating group) is 2. The molecular weight excluding hydrogens is 327 g/mol. The minimum Gasteiger partial charge on any atom is -0.340 e. The van der Waals surface area contributed by atoms with Crippen LogP contribution in [-0.2, 0) is 11.3 Å². The average molecular weight is 349 g/mol. The van der Waals surface area contributed by atoms with Crippen LogP contribution in [-0.4, -0.2) is 36.3 Å². The number of benzene rings is 2. The Balaban J connectivity index is 1.98. The van der Waals surface area contributed by atoms with Gasteiger partial charge in [-0.15, -0.1) is 0 Å². The Kier molecular flexibility index (Phi) is 6.35. The fourth-order valence-corrected chi connectivity index (χ4v) is 2.79. The molecule has 0 saturated carbocycles. The Bertz CT molecular complexity index is 707.